The highest BCUT2D eigenvalue weighted by atomic mass is 32.1. The molecule has 7 heteroatoms. The van der Waals surface area contributed by atoms with Gasteiger partial charge in [0.2, 0.25) is 5.91 Å². The van der Waals surface area contributed by atoms with E-state index in [-0.39, 0.29) is 11.8 Å². The summed E-state index contributed by atoms with van der Waals surface area (Å²) in [7, 11) is 1.64. The number of amides is 2. The van der Waals surface area contributed by atoms with Crippen LogP contribution < -0.4 is 10.1 Å². The number of piperazine rings is 1. The van der Waals surface area contributed by atoms with E-state index in [1.165, 1.54) is 0 Å². The second-order valence-corrected chi connectivity index (χ2v) is 7.54. The second-order valence-electron chi connectivity index (χ2n) is 6.49. The molecule has 0 radical (unpaired) electrons. The predicted molar refractivity (Wildman–Crippen MR) is 100 cm³/mol. The normalized spacial score (nSPS) is 16.4. The number of fused-ring (bicyclic) bond motifs is 3. The zero-order chi connectivity index (χ0) is 18.1. The summed E-state index contributed by atoms with van der Waals surface area (Å²) in [5.41, 5.74) is 2.14. The molecule has 3 heterocycles. The zero-order valence-corrected chi connectivity index (χ0v) is 15.5. The van der Waals surface area contributed by atoms with Gasteiger partial charge in [0.1, 0.15) is 12.4 Å². The van der Waals surface area contributed by atoms with Gasteiger partial charge in [0, 0.05) is 49.2 Å². The zero-order valence-electron chi connectivity index (χ0n) is 14.7. The fourth-order valence-electron chi connectivity index (χ4n) is 3.35. The third-order valence-corrected chi connectivity index (χ3v) is 6.04. The van der Waals surface area contributed by atoms with Crippen LogP contribution in [0.5, 0.6) is 5.75 Å². The Bertz CT molecular complexity index is 840. The number of nitrogens with zero attached hydrogens (tertiary/aromatic N) is 2. The number of ether oxygens (including phenoxy) is 1. The first-order valence-electron chi connectivity index (χ1n) is 8.73. The van der Waals surface area contributed by atoms with Gasteiger partial charge in [-0.3, -0.25) is 14.5 Å². The van der Waals surface area contributed by atoms with Gasteiger partial charge in [-0.25, -0.2) is 0 Å². The molecule has 1 fully saturated rings. The number of carbonyl (C=O) groups excluding carboxylic acids is 2. The number of nitrogens with one attached hydrogen (secondary N) is 1. The molecular weight excluding hydrogens is 350 g/mol. The van der Waals surface area contributed by atoms with Crippen LogP contribution in [0.2, 0.25) is 0 Å². The summed E-state index contributed by atoms with van der Waals surface area (Å²) < 4.78 is 5.79. The molecule has 6 nitrogen and oxygen atoms in total. The Labute approximate surface area is 156 Å². The van der Waals surface area contributed by atoms with Crippen LogP contribution in [-0.2, 0) is 11.4 Å². The Kier molecular flexibility index (Phi) is 4.65. The Balaban J connectivity index is 1.46. The lowest BCUT2D eigenvalue weighted by atomic mass is 10.1. The van der Waals surface area contributed by atoms with Gasteiger partial charge in [-0.1, -0.05) is 12.1 Å². The number of rotatable bonds is 3. The maximum Gasteiger partial charge on any atom is 0.264 e. The predicted octanol–water partition coefficient (Wildman–Crippen LogP) is 1.81. The minimum atomic E-state index is 0.00868. The number of likely N-dealkylation sites (N-methyl/N-ethyl adjacent to an activating group) is 1. The Morgan fingerprint density at radius 2 is 1.96 bits per heavy atom. The topological polar surface area (TPSA) is 61.9 Å². The molecule has 136 valence electrons. The summed E-state index contributed by atoms with van der Waals surface area (Å²) in [5, 5.41) is 2.64. The third-order valence-electron chi connectivity index (χ3n) is 4.84. The van der Waals surface area contributed by atoms with Crippen molar-refractivity contribution >= 4 is 23.2 Å². The molecule has 0 aliphatic carbocycles. The molecule has 1 N–H and O–H groups in total. The molecule has 2 aliphatic rings. The van der Waals surface area contributed by atoms with E-state index in [1.807, 2.05) is 35.2 Å². The van der Waals surface area contributed by atoms with E-state index in [0.29, 0.717) is 26.2 Å². The van der Waals surface area contributed by atoms with Crippen LogP contribution in [0.25, 0.3) is 10.4 Å². The molecule has 0 atom stereocenters. The van der Waals surface area contributed by atoms with Gasteiger partial charge >= 0.3 is 0 Å². The minimum Gasteiger partial charge on any atom is -0.488 e. The second kappa shape index (κ2) is 7.09. The lowest BCUT2D eigenvalue weighted by Gasteiger charge is -2.34. The van der Waals surface area contributed by atoms with Crippen molar-refractivity contribution in [2.45, 2.75) is 6.61 Å². The average molecular weight is 371 g/mol. The maximum absolute atomic E-state index is 12.9. The molecule has 1 aromatic heterocycles. The van der Waals surface area contributed by atoms with Crippen molar-refractivity contribution in [1.29, 1.82) is 0 Å². The van der Waals surface area contributed by atoms with E-state index >= 15 is 0 Å². The summed E-state index contributed by atoms with van der Waals surface area (Å²) in [4.78, 5) is 30.2. The van der Waals surface area contributed by atoms with E-state index in [0.717, 1.165) is 39.7 Å². The summed E-state index contributed by atoms with van der Waals surface area (Å²) in [6.07, 6.45) is 0. The van der Waals surface area contributed by atoms with Gasteiger partial charge in [0.15, 0.2) is 0 Å². The van der Waals surface area contributed by atoms with Crippen molar-refractivity contribution in [1.82, 2.24) is 15.1 Å². The van der Waals surface area contributed by atoms with Crippen LogP contribution in [0, 0.1) is 0 Å². The fraction of sp³-hybridized carbons (Fsp3) is 0.368. The number of thiophene rings is 1. The quantitative estimate of drug-likeness (QED) is 0.894. The van der Waals surface area contributed by atoms with Crippen molar-refractivity contribution < 1.29 is 14.3 Å². The minimum absolute atomic E-state index is 0.00868. The third kappa shape index (κ3) is 3.20. The lowest BCUT2D eigenvalue weighted by Crippen LogP contribution is -2.50. The largest absolute Gasteiger partial charge is 0.488 e. The van der Waals surface area contributed by atoms with Gasteiger partial charge in [0.05, 0.1) is 11.4 Å². The van der Waals surface area contributed by atoms with E-state index in [2.05, 4.69) is 10.2 Å². The number of hydrogen-bond acceptors (Lipinski definition) is 5. The van der Waals surface area contributed by atoms with E-state index in [9.17, 15) is 9.59 Å². The van der Waals surface area contributed by atoms with Crippen LogP contribution in [0.1, 0.15) is 15.2 Å². The first kappa shape index (κ1) is 17.1. The molecule has 1 saturated heterocycles. The van der Waals surface area contributed by atoms with Gasteiger partial charge in [0.25, 0.3) is 5.91 Å². The van der Waals surface area contributed by atoms with Crippen LogP contribution in [0.3, 0.4) is 0 Å². The molecule has 1 aromatic carbocycles. The first-order valence-corrected chi connectivity index (χ1v) is 9.54. The maximum atomic E-state index is 12.9. The molecule has 26 heavy (non-hydrogen) atoms. The lowest BCUT2D eigenvalue weighted by molar-refractivity contribution is -0.122. The van der Waals surface area contributed by atoms with Gasteiger partial charge in [-0.2, -0.15) is 0 Å². The highest BCUT2D eigenvalue weighted by Crippen LogP contribution is 2.42. The molecule has 2 aromatic rings. The van der Waals surface area contributed by atoms with Gasteiger partial charge in [-0.15, -0.1) is 11.3 Å². The van der Waals surface area contributed by atoms with Crippen LogP contribution in [0.15, 0.2) is 30.3 Å². The molecule has 2 amide bonds. The van der Waals surface area contributed by atoms with Crippen molar-refractivity contribution in [3.05, 3.63) is 40.8 Å². The summed E-state index contributed by atoms with van der Waals surface area (Å²) in [6.45, 7) is 3.62. The Hall–Kier alpha value is -2.38. The summed E-state index contributed by atoms with van der Waals surface area (Å²) in [6, 6.07) is 9.92. The summed E-state index contributed by atoms with van der Waals surface area (Å²) in [5.74, 6) is 0.958. The molecule has 0 saturated carbocycles. The van der Waals surface area contributed by atoms with E-state index < -0.39 is 0 Å². The van der Waals surface area contributed by atoms with Crippen LogP contribution in [0.4, 0.5) is 0 Å². The van der Waals surface area contributed by atoms with Crippen LogP contribution in [-0.4, -0.2) is 61.4 Å². The number of benzene rings is 1. The highest BCUT2D eigenvalue weighted by Gasteiger charge is 2.27. The van der Waals surface area contributed by atoms with E-state index in [4.69, 9.17) is 4.74 Å². The number of para-hydroxylation sites is 1. The van der Waals surface area contributed by atoms with Crippen LogP contribution >= 0.6 is 11.3 Å². The van der Waals surface area contributed by atoms with Gasteiger partial charge in [-0.05, 0) is 18.2 Å². The number of hydrogen-bond donors (Lipinski definition) is 1. The highest BCUT2D eigenvalue weighted by molar-refractivity contribution is 7.17. The van der Waals surface area contributed by atoms with E-state index in [1.54, 1.807) is 18.4 Å². The molecule has 0 bridgehead atoms. The fourth-order valence-corrected chi connectivity index (χ4v) is 4.52. The smallest absolute Gasteiger partial charge is 0.264 e. The molecule has 4 rings (SSSR count). The first-order chi connectivity index (χ1) is 12.7. The monoisotopic (exact) mass is 371 g/mol. The Morgan fingerprint density at radius 3 is 2.73 bits per heavy atom. The van der Waals surface area contributed by atoms with Crippen molar-refractivity contribution in [3.8, 4) is 16.2 Å². The average Bonchev–Trinajstić information content (AvgIpc) is 3.13. The standard InChI is InChI=1S/C19H21N3O3S/c1-20-17(23)11-21-6-8-22(9-7-21)19(24)16-10-13-12-25-15-5-3-2-4-14(15)18(13)26-16/h2-5,10H,6-9,11-12H2,1H3,(H,20,23). The van der Waals surface area contributed by atoms with Crippen molar-refractivity contribution in [2.75, 3.05) is 39.8 Å². The van der Waals surface area contributed by atoms with Gasteiger partial charge < -0.3 is 15.0 Å². The molecule has 0 unspecified atom stereocenters. The SMILES string of the molecule is CNC(=O)CN1CCN(C(=O)c2cc3c(s2)-c2ccccc2OC3)CC1. The molecule has 0 spiro atoms. The number of carbonyl (C=O) groups is 2. The summed E-state index contributed by atoms with van der Waals surface area (Å²) >= 11 is 1.55. The molecular formula is C19H21N3O3S. The molecule has 2 aliphatic heterocycles. The Morgan fingerprint density at radius 1 is 1.19 bits per heavy atom. The van der Waals surface area contributed by atoms with Crippen molar-refractivity contribution in [2.24, 2.45) is 0 Å². The van der Waals surface area contributed by atoms with Crippen molar-refractivity contribution in [3.63, 3.8) is 0 Å².